The van der Waals surface area contributed by atoms with Gasteiger partial charge >= 0.3 is 0 Å². The van der Waals surface area contributed by atoms with E-state index in [4.69, 9.17) is 0 Å². The van der Waals surface area contributed by atoms with Crippen molar-refractivity contribution in [1.82, 2.24) is 24.6 Å². The fourth-order valence-electron chi connectivity index (χ4n) is 4.06. The Kier molecular flexibility index (Phi) is 4.66. The summed E-state index contributed by atoms with van der Waals surface area (Å²) in [7, 11) is 0. The lowest BCUT2D eigenvalue weighted by Crippen LogP contribution is -2.36. The number of aromatic nitrogens is 3. The number of aliphatic hydroxyl groups is 1. The first kappa shape index (κ1) is 17.1. The molecule has 0 radical (unpaired) electrons. The zero-order valence-corrected chi connectivity index (χ0v) is 16.0. The maximum Gasteiger partial charge on any atom is 0.150 e. The van der Waals surface area contributed by atoms with E-state index in [-0.39, 0.29) is 12.1 Å². The van der Waals surface area contributed by atoms with Gasteiger partial charge < -0.3 is 9.67 Å². The molecular formula is C18H27N5OS. The molecule has 2 aliphatic heterocycles. The lowest BCUT2D eigenvalue weighted by molar-refractivity contribution is 0.155. The molecule has 0 bridgehead atoms. The van der Waals surface area contributed by atoms with Gasteiger partial charge in [0.05, 0.1) is 18.7 Å². The number of likely N-dealkylation sites (tertiary alicyclic amines) is 1. The van der Waals surface area contributed by atoms with E-state index in [0.29, 0.717) is 6.04 Å². The Hall–Kier alpha value is -1.28. The van der Waals surface area contributed by atoms with Crippen LogP contribution in [0.4, 0.5) is 0 Å². The molecule has 2 aromatic rings. The van der Waals surface area contributed by atoms with Crippen LogP contribution in [0.25, 0.3) is 0 Å². The van der Waals surface area contributed by atoms with Crippen molar-refractivity contribution in [2.45, 2.75) is 65.0 Å². The molecule has 1 saturated heterocycles. The average molecular weight is 362 g/mol. The van der Waals surface area contributed by atoms with Crippen LogP contribution >= 0.6 is 11.3 Å². The van der Waals surface area contributed by atoms with Crippen LogP contribution in [0.3, 0.4) is 0 Å². The zero-order chi connectivity index (χ0) is 17.6. The number of nitrogens with zero attached hydrogens (tertiary/aromatic N) is 5. The summed E-state index contributed by atoms with van der Waals surface area (Å²) in [5.41, 5.74) is 0. The minimum absolute atomic E-state index is 0.183. The van der Waals surface area contributed by atoms with Gasteiger partial charge in [0.2, 0.25) is 0 Å². The fraction of sp³-hybridized carbons (Fsp3) is 0.667. The Morgan fingerprint density at radius 1 is 1.28 bits per heavy atom. The quantitative estimate of drug-likeness (QED) is 0.905. The minimum atomic E-state index is -0.262. The Bertz CT molecular complexity index is 740. The number of hydrogen-bond acceptors (Lipinski definition) is 6. The summed E-state index contributed by atoms with van der Waals surface area (Å²) in [6.45, 7) is 11.0. The topological polar surface area (TPSA) is 57.4 Å². The third kappa shape index (κ3) is 3.38. The van der Waals surface area contributed by atoms with Gasteiger partial charge in [-0.05, 0) is 39.3 Å². The summed E-state index contributed by atoms with van der Waals surface area (Å²) < 4.78 is 2.29. The monoisotopic (exact) mass is 361 g/mol. The van der Waals surface area contributed by atoms with Crippen molar-refractivity contribution in [3.8, 4) is 0 Å². The van der Waals surface area contributed by atoms with Gasteiger partial charge in [0.1, 0.15) is 5.82 Å². The van der Waals surface area contributed by atoms with Crippen LogP contribution < -0.4 is 0 Å². The van der Waals surface area contributed by atoms with Gasteiger partial charge in [0.25, 0.3) is 0 Å². The Balaban J connectivity index is 1.50. The molecule has 6 nitrogen and oxygen atoms in total. The SMILES string of the molecule is Cc1ccc(CN2CCn3c(nnc3[C@@H]3C[C@H](O)CN3C(C)C)C2)s1. The van der Waals surface area contributed by atoms with Gasteiger partial charge in [0.15, 0.2) is 5.82 Å². The van der Waals surface area contributed by atoms with Crippen LogP contribution in [0.15, 0.2) is 12.1 Å². The zero-order valence-electron chi connectivity index (χ0n) is 15.2. The van der Waals surface area contributed by atoms with E-state index < -0.39 is 0 Å². The highest BCUT2D eigenvalue weighted by atomic mass is 32.1. The molecule has 4 rings (SSSR count). The van der Waals surface area contributed by atoms with Crippen LogP contribution in [0.5, 0.6) is 0 Å². The third-order valence-corrected chi connectivity index (χ3v) is 6.30. The number of rotatable bonds is 4. The van der Waals surface area contributed by atoms with Crippen molar-refractivity contribution in [3.05, 3.63) is 33.5 Å². The van der Waals surface area contributed by atoms with Crippen molar-refractivity contribution >= 4 is 11.3 Å². The summed E-state index contributed by atoms with van der Waals surface area (Å²) in [6, 6.07) is 5.00. The largest absolute Gasteiger partial charge is 0.392 e. The highest BCUT2D eigenvalue weighted by Crippen LogP contribution is 2.34. The van der Waals surface area contributed by atoms with Gasteiger partial charge in [-0.3, -0.25) is 9.80 Å². The van der Waals surface area contributed by atoms with Crippen LogP contribution in [0.1, 0.15) is 47.7 Å². The number of aryl methyl sites for hydroxylation is 1. The smallest absolute Gasteiger partial charge is 0.150 e. The molecule has 2 aromatic heterocycles. The van der Waals surface area contributed by atoms with Crippen LogP contribution in [0, 0.1) is 6.92 Å². The van der Waals surface area contributed by atoms with Crippen LogP contribution in [-0.4, -0.2) is 54.9 Å². The normalized spacial score (nSPS) is 25.0. The van der Waals surface area contributed by atoms with E-state index in [1.54, 1.807) is 0 Å². The maximum absolute atomic E-state index is 10.1. The van der Waals surface area contributed by atoms with Crippen LogP contribution in [0.2, 0.25) is 0 Å². The van der Waals surface area contributed by atoms with Crippen molar-refractivity contribution < 1.29 is 5.11 Å². The molecule has 1 N–H and O–H groups in total. The van der Waals surface area contributed by atoms with Gasteiger partial charge in [-0.1, -0.05) is 0 Å². The molecule has 0 aliphatic carbocycles. The predicted molar refractivity (Wildman–Crippen MR) is 98.4 cm³/mol. The highest BCUT2D eigenvalue weighted by molar-refractivity contribution is 7.11. The predicted octanol–water partition coefficient (Wildman–Crippen LogP) is 2.18. The number of hydrogen-bond donors (Lipinski definition) is 1. The molecule has 2 aliphatic rings. The summed E-state index contributed by atoms with van der Waals surface area (Å²) >= 11 is 1.87. The molecule has 25 heavy (non-hydrogen) atoms. The highest BCUT2D eigenvalue weighted by Gasteiger charge is 2.37. The lowest BCUT2D eigenvalue weighted by atomic mass is 10.1. The van der Waals surface area contributed by atoms with Gasteiger partial charge in [0, 0.05) is 42.0 Å². The third-order valence-electron chi connectivity index (χ3n) is 5.31. The van der Waals surface area contributed by atoms with E-state index in [0.717, 1.165) is 50.8 Å². The molecule has 7 heteroatoms. The van der Waals surface area contributed by atoms with Crippen molar-refractivity contribution in [3.63, 3.8) is 0 Å². The van der Waals surface area contributed by atoms with E-state index in [1.807, 2.05) is 11.3 Å². The summed E-state index contributed by atoms with van der Waals surface area (Å²) in [5, 5.41) is 19.1. The summed E-state index contributed by atoms with van der Waals surface area (Å²) in [4.78, 5) is 7.58. The summed E-state index contributed by atoms with van der Waals surface area (Å²) in [6.07, 6.45) is 0.497. The van der Waals surface area contributed by atoms with Gasteiger partial charge in [-0.2, -0.15) is 0 Å². The fourth-order valence-corrected chi connectivity index (χ4v) is 5.00. The first-order chi connectivity index (χ1) is 12.0. The number of fused-ring (bicyclic) bond motifs is 1. The average Bonchev–Trinajstić information content (AvgIpc) is 3.25. The Morgan fingerprint density at radius 2 is 2.12 bits per heavy atom. The van der Waals surface area contributed by atoms with E-state index in [2.05, 4.69) is 57.5 Å². The first-order valence-corrected chi connectivity index (χ1v) is 9.96. The van der Waals surface area contributed by atoms with Gasteiger partial charge in [-0.25, -0.2) is 0 Å². The molecule has 0 amide bonds. The molecule has 136 valence electrons. The summed E-state index contributed by atoms with van der Waals surface area (Å²) in [5.74, 6) is 2.09. The Labute approximate surface area is 153 Å². The van der Waals surface area contributed by atoms with Crippen molar-refractivity contribution in [2.75, 3.05) is 13.1 Å². The molecule has 0 saturated carbocycles. The van der Waals surface area contributed by atoms with E-state index in [1.165, 1.54) is 9.75 Å². The number of thiophene rings is 1. The second kappa shape index (κ2) is 6.79. The maximum atomic E-state index is 10.1. The molecule has 2 atom stereocenters. The lowest BCUT2D eigenvalue weighted by Gasteiger charge is -2.31. The number of β-amino-alcohol motifs (C(OH)–C–C–N with tert-alkyl or cyclic N) is 1. The van der Waals surface area contributed by atoms with Crippen molar-refractivity contribution in [1.29, 1.82) is 0 Å². The standard InChI is InChI=1S/C18H27N5OS/c1-12(2)23-9-14(24)8-16(23)18-20-19-17-11-21(6-7-22(17)18)10-15-5-4-13(3)25-15/h4-5,12,14,16,24H,6-11H2,1-3H3/t14-,16-/m0/s1. The van der Waals surface area contributed by atoms with Gasteiger partial charge in [-0.15, -0.1) is 21.5 Å². The molecule has 0 spiro atoms. The minimum Gasteiger partial charge on any atom is -0.392 e. The van der Waals surface area contributed by atoms with Crippen molar-refractivity contribution in [2.24, 2.45) is 0 Å². The number of aliphatic hydroxyl groups excluding tert-OH is 1. The van der Waals surface area contributed by atoms with Crippen LogP contribution in [-0.2, 0) is 19.6 Å². The molecular weight excluding hydrogens is 334 g/mol. The second-order valence-corrected chi connectivity index (χ2v) is 8.92. The second-order valence-electron chi connectivity index (χ2n) is 7.54. The molecule has 0 unspecified atom stereocenters. The molecule has 0 aromatic carbocycles. The van der Waals surface area contributed by atoms with E-state index in [9.17, 15) is 5.11 Å². The molecule has 4 heterocycles. The Morgan fingerprint density at radius 3 is 2.84 bits per heavy atom. The first-order valence-electron chi connectivity index (χ1n) is 9.14. The van der Waals surface area contributed by atoms with E-state index >= 15 is 0 Å². The molecule has 1 fully saturated rings.